The second kappa shape index (κ2) is 6.57. The normalized spacial score (nSPS) is 15.6. The molecule has 1 amide bonds. The van der Waals surface area contributed by atoms with Crippen LogP contribution in [-0.4, -0.2) is 23.1 Å². The third-order valence-corrected chi connectivity index (χ3v) is 4.39. The summed E-state index contributed by atoms with van der Waals surface area (Å²) in [7, 11) is 1.63. The maximum Gasteiger partial charge on any atom is 0.281 e. The number of thiocarbonyl (C=S) groups is 1. The van der Waals surface area contributed by atoms with Crippen LogP contribution in [-0.2, 0) is 4.79 Å². The van der Waals surface area contributed by atoms with E-state index in [-0.39, 0.29) is 5.91 Å². The highest BCUT2D eigenvalue weighted by Gasteiger charge is 2.31. The van der Waals surface area contributed by atoms with Crippen molar-refractivity contribution in [3.8, 4) is 5.75 Å². The minimum atomic E-state index is -0.196. The molecule has 6 heteroatoms. The zero-order valence-corrected chi connectivity index (χ0v) is 14.8. The minimum absolute atomic E-state index is 0.196. The van der Waals surface area contributed by atoms with Crippen LogP contribution in [0.3, 0.4) is 0 Å². The molecule has 1 aromatic heterocycles. The summed E-state index contributed by atoms with van der Waals surface area (Å²) in [6, 6.07) is 18.8. The van der Waals surface area contributed by atoms with Crippen molar-refractivity contribution >= 4 is 45.9 Å². The Labute approximate surface area is 155 Å². The molecule has 4 rings (SSSR count). The zero-order chi connectivity index (χ0) is 18.1. The van der Waals surface area contributed by atoms with Gasteiger partial charge in [0.05, 0.1) is 24.0 Å². The van der Waals surface area contributed by atoms with Crippen molar-refractivity contribution in [2.45, 2.75) is 0 Å². The lowest BCUT2D eigenvalue weighted by molar-refractivity contribution is -0.113. The van der Waals surface area contributed by atoms with Crippen molar-refractivity contribution in [2.75, 3.05) is 12.0 Å². The lowest BCUT2D eigenvalue weighted by Crippen LogP contribution is -2.30. The summed E-state index contributed by atoms with van der Waals surface area (Å²) in [5.74, 6) is 0.583. The molecule has 0 aliphatic carbocycles. The minimum Gasteiger partial charge on any atom is -0.497 e. The third kappa shape index (κ3) is 2.91. The molecule has 0 spiro atoms. The molecule has 1 saturated heterocycles. The fourth-order valence-corrected chi connectivity index (χ4v) is 3.12. The van der Waals surface area contributed by atoms with Gasteiger partial charge < -0.3 is 10.1 Å². The number of benzene rings is 2. The number of hydrogen-bond acceptors (Lipinski definition) is 4. The second-order valence-corrected chi connectivity index (χ2v) is 6.15. The van der Waals surface area contributed by atoms with Crippen molar-refractivity contribution in [2.24, 2.45) is 0 Å². The molecule has 0 saturated carbocycles. The van der Waals surface area contributed by atoms with Crippen LogP contribution in [0.2, 0.25) is 0 Å². The fourth-order valence-electron chi connectivity index (χ4n) is 2.82. The van der Waals surface area contributed by atoms with E-state index in [9.17, 15) is 4.79 Å². The lowest BCUT2D eigenvalue weighted by Gasteiger charge is -2.13. The summed E-state index contributed by atoms with van der Waals surface area (Å²) in [6.45, 7) is 0. The number of nitrogens with one attached hydrogen (secondary N) is 1. The van der Waals surface area contributed by atoms with Gasteiger partial charge in [-0.3, -0.25) is 9.69 Å². The molecule has 1 aliphatic rings. The van der Waals surface area contributed by atoms with Gasteiger partial charge in [0, 0.05) is 5.39 Å². The van der Waals surface area contributed by atoms with Gasteiger partial charge in [-0.25, -0.2) is 4.98 Å². The van der Waals surface area contributed by atoms with Gasteiger partial charge in [0.15, 0.2) is 5.11 Å². The van der Waals surface area contributed by atoms with Gasteiger partial charge in [-0.05, 0) is 54.7 Å². The number of fused-ring (bicyclic) bond motifs is 1. The Bertz CT molecular complexity index is 1050. The first-order chi connectivity index (χ1) is 12.7. The molecule has 0 atom stereocenters. The van der Waals surface area contributed by atoms with Crippen molar-refractivity contribution in [1.29, 1.82) is 0 Å². The molecule has 128 valence electrons. The molecule has 1 aliphatic heterocycles. The van der Waals surface area contributed by atoms with Gasteiger partial charge in [-0.1, -0.05) is 24.3 Å². The van der Waals surface area contributed by atoms with E-state index < -0.39 is 0 Å². The summed E-state index contributed by atoms with van der Waals surface area (Å²) in [5, 5.41) is 4.31. The Morgan fingerprint density at radius 2 is 1.92 bits per heavy atom. The largest absolute Gasteiger partial charge is 0.497 e. The van der Waals surface area contributed by atoms with Crippen LogP contribution in [0.1, 0.15) is 5.69 Å². The molecule has 26 heavy (non-hydrogen) atoms. The highest BCUT2D eigenvalue weighted by atomic mass is 32.1. The number of carbonyl (C=O) groups excluding carboxylic acids is 1. The Morgan fingerprint density at radius 1 is 1.12 bits per heavy atom. The SMILES string of the molecule is COc1ccc2nc(/C=C3\NC(=S)N(c4ccccc4)C3=O)ccc2c1. The van der Waals surface area contributed by atoms with Crippen LogP contribution >= 0.6 is 12.2 Å². The first kappa shape index (κ1) is 16.2. The Hall–Kier alpha value is -3.25. The monoisotopic (exact) mass is 361 g/mol. The molecule has 1 N–H and O–H groups in total. The van der Waals surface area contributed by atoms with E-state index in [1.165, 1.54) is 4.90 Å². The predicted octanol–water partition coefficient (Wildman–Crippen LogP) is 3.51. The first-order valence-corrected chi connectivity index (χ1v) is 8.43. The molecule has 0 radical (unpaired) electrons. The van der Waals surface area contributed by atoms with Gasteiger partial charge in [0.1, 0.15) is 11.4 Å². The van der Waals surface area contributed by atoms with Gasteiger partial charge >= 0.3 is 0 Å². The van der Waals surface area contributed by atoms with E-state index in [1.54, 1.807) is 13.2 Å². The van der Waals surface area contributed by atoms with Crippen molar-refractivity contribution in [3.05, 3.63) is 72.1 Å². The van der Waals surface area contributed by atoms with Crippen LogP contribution < -0.4 is 15.0 Å². The van der Waals surface area contributed by atoms with E-state index in [4.69, 9.17) is 17.0 Å². The number of methoxy groups -OCH3 is 1. The number of rotatable bonds is 3. The second-order valence-electron chi connectivity index (χ2n) is 5.76. The van der Waals surface area contributed by atoms with Crippen molar-refractivity contribution in [1.82, 2.24) is 10.3 Å². The average Bonchev–Trinajstić information content (AvgIpc) is 2.95. The summed E-state index contributed by atoms with van der Waals surface area (Å²) < 4.78 is 5.23. The smallest absolute Gasteiger partial charge is 0.281 e. The van der Waals surface area contributed by atoms with E-state index >= 15 is 0 Å². The number of nitrogens with zero attached hydrogens (tertiary/aromatic N) is 2. The highest BCUT2D eigenvalue weighted by Crippen LogP contribution is 2.23. The number of hydrogen-bond donors (Lipinski definition) is 1. The van der Waals surface area contributed by atoms with E-state index in [2.05, 4.69) is 10.3 Å². The Morgan fingerprint density at radius 3 is 2.69 bits per heavy atom. The molecule has 5 nitrogen and oxygen atoms in total. The number of amides is 1. The number of para-hydroxylation sites is 1. The van der Waals surface area contributed by atoms with Crippen molar-refractivity contribution in [3.63, 3.8) is 0 Å². The Kier molecular flexibility index (Phi) is 4.10. The van der Waals surface area contributed by atoms with Crippen molar-refractivity contribution < 1.29 is 9.53 Å². The average molecular weight is 361 g/mol. The van der Waals surface area contributed by atoms with Crippen LogP contribution in [0.15, 0.2) is 66.4 Å². The van der Waals surface area contributed by atoms with E-state index in [1.807, 2.05) is 60.7 Å². The number of ether oxygens (including phenoxy) is 1. The standard InChI is InChI=1S/C20H15N3O2S/c1-25-16-9-10-17-13(11-16)7-8-14(21-17)12-18-19(24)23(20(26)22-18)15-5-3-2-4-6-15/h2-12H,1H3,(H,22,26)/b18-12-. The molecule has 3 aromatic rings. The number of carbonyl (C=O) groups is 1. The van der Waals surface area contributed by atoms with Gasteiger partial charge in [0.2, 0.25) is 0 Å². The molecule has 0 unspecified atom stereocenters. The number of pyridine rings is 1. The molecule has 2 aromatic carbocycles. The maximum absolute atomic E-state index is 12.7. The molecule has 1 fully saturated rings. The summed E-state index contributed by atoms with van der Waals surface area (Å²) in [4.78, 5) is 18.8. The van der Waals surface area contributed by atoms with Gasteiger partial charge in [0.25, 0.3) is 5.91 Å². The quantitative estimate of drug-likeness (QED) is 0.572. The maximum atomic E-state index is 12.7. The summed E-state index contributed by atoms with van der Waals surface area (Å²) in [6.07, 6.45) is 1.71. The van der Waals surface area contributed by atoms with Crippen LogP contribution in [0.5, 0.6) is 5.75 Å². The Balaban J connectivity index is 1.67. The molecular formula is C20H15N3O2S. The molecule has 0 bridgehead atoms. The molecular weight excluding hydrogens is 346 g/mol. The van der Waals surface area contributed by atoms with Crippen LogP contribution in [0.4, 0.5) is 5.69 Å². The molecule has 2 heterocycles. The van der Waals surface area contributed by atoms with E-state index in [0.717, 1.165) is 22.3 Å². The first-order valence-electron chi connectivity index (χ1n) is 8.03. The van der Waals surface area contributed by atoms with Crippen LogP contribution in [0.25, 0.3) is 17.0 Å². The van der Waals surface area contributed by atoms with Gasteiger partial charge in [-0.15, -0.1) is 0 Å². The lowest BCUT2D eigenvalue weighted by atomic mass is 10.2. The number of anilines is 1. The highest BCUT2D eigenvalue weighted by molar-refractivity contribution is 7.80. The fraction of sp³-hybridized carbons (Fsp3) is 0.0500. The summed E-state index contributed by atoms with van der Waals surface area (Å²) in [5.41, 5.74) is 2.64. The van der Waals surface area contributed by atoms with Gasteiger partial charge in [-0.2, -0.15) is 0 Å². The van der Waals surface area contributed by atoms with Crippen LogP contribution in [0, 0.1) is 0 Å². The predicted molar refractivity (Wildman–Crippen MR) is 106 cm³/mol. The topological polar surface area (TPSA) is 54.5 Å². The van der Waals surface area contributed by atoms with E-state index in [0.29, 0.717) is 16.5 Å². The zero-order valence-electron chi connectivity index (χ0n) is 14.0. The third-order valence-electron chi connectivity index (χ3n) is 4.10. The summed E-state index contributed by atoms with van der Waals surface area (Å²) >= 11 is 5.32. The number of aromatic nitrogens is 1.